The van der Waals surface area contributed by atoms with Crippen molar-refractivity contribution in [2.24, 2.45) is 0 Å². The SMILES string of the molecule is CNc1nnc(-c2cc(C)nc3c(C)c(C)ccc23)s1. The monoisotopic (exact) mass is 284 g/mol. The number of rotatable bonds is 2. The predicted octanol–water partition coefficient (Wildman–Crippen LogP) is 3.72. The van der Waals surface area contributed by atoms with Gasteiger partial charge in [0.15, 0.2) is 0 Å². The highest BCUT2D eigenvalue weighted by atomic mass is 32.1. The predicted molar refractivity (Wildman–Crippen MR) is 84.4 cm³/mol. The average molecular weight is 284 g/mol. The van der Waals surface area contributed by atoms with E-state index in [4.69, 9.17) is 0 Å². The molecule has 0 saturated heterocycles. The Hall–Kier alpha value is -2.01. The smallest absolute Gasteiger partial charge is 0.205 e. The summed E-state index contributed by atoms with van der Waals surface area (Å²) < 4.78 is 0. The minimum atomic E-state index is 0.825. The van der Waals surface area contributed by atoms with Gasteiger partial charge >= 0.3 is 0 Å². The van der Waals surface area contributed by atoms with E-state index in [1.54, 1.807) is 11.3 Å². The van der Waals surface area contributed by atoms with Gasteiger partial charge in [-0.1, -0.05) is 23.5 Å². The summed E-state index contributed by atoms with van der Waals surface area (Å²) in [5.41, 5.74) is 5.65. The molecule has 0 bridgehead atoms. The molecule has 5 heteroatoms. The Morgan fingerprint density at radius 3 is 2.60 bits per heavy atom. The van der Waals surface area contributed by atoms with E-state index >= 15 is 0 Å². The Bertz CT molecular complexity index is 792. The Morgan fingerprint density at radius 1 is 1.10 bits per heavy atom. The molecule has 0 aliphatic heterocycles. The third-order valence-corrected chi connectivity index (χ3v) is 4.48. The zero-order valence-electron chi connectivity index (χ0n) is 12.0. The summed E-state index contributed by atoms with van der Waals surface area (Å²) in [6.45, 7) is 6.25. The molecule has 2 heterocycles. The Balaban J connectivity index is 2.32. The molecule has 0 aliphatic rings. The average Bonchev–Trinajstić information content (AvgIpc) is 2.91. The molecule has 2 aromatic heterocycles. The van der Waals surface area contributed by atoms with Crippen molar-refractivity contribution in [2.75, 3.05) is 12.4 Å². The largest absolute Gasteiger partial charge is 0.363 e. The number of fused-ring (bicyclic) bond motifs is 1. The van der Waals surface area contributed by atoms with Crippen molar-refractivity contribution in [3.63, 3.8) is 0 Å². The highest BCUT2D eigenvalue weighted by molar-refractivity contribution is 7.18. The number of anilines is 1. The summed E-state index contributed by atoms with van der Waals surface area (Å²) in [5, 5.41) is 14.3. The third kappa shape index (κ3) is 2.04. The van der Waals surface area contributed by atoms with Crippen molar-refractivity contribution in [2.45, 2.75) is 20.8 Å². The molecule has 0 saturated carbocycles. The van der Waals surface area contributed by atoms with Crippen LogP contribution in [0.1, 0.15) is 16.8 Å². The molecule has 102 valence electrons. The summed E-state index contributed by atoms with van der Waals surface area (Å²) in [7, 11) is 1.85. The number of aryl methyl sites for hydroxylation is 3. The normalized spacial score (nSPS) is 11.0. The van der Waals surface area contributed by atoms with Crippen LogP contribution < -0.4 is 5.32 Å². The van der Waals surface area contributed by atoms with Gasteiger partial charge in [0.1, 0.15) is 5.01 Å². The first-order valence-electron chi connectivity index (χ1n) is 6.49. The van der Waals surface area contributed by atoms with Gasteiger partial charge in [-0.3, -0.25) is 4.98 Å². The lowest BCUT2D eigenvalue weighted by Crippen LogP contribution is -1.92. The minimum absolute atomic E-state index is 0.825. The number of hydrogen-bond donors (Lipinski definition) is 1. The number of pyridine rings is 1. The maximum absolute atomic E-state index is 4.69. The summed E-state index contributed by atoms with van der Waals surface area (Å²) in [6.07, 6.45) is 0. The van der Waals surface area contributed by atoms with Gasteiger partial charge in [0.25, 0.3) is 0 Å². The molecule has 4 nitrogen and oxygen atoms in total. The molecule has 20 heavy (non-hydrogen) atoms. The van der Waals surface area contributed by atoms with Crippen LogP contribution in [0.15, 0.2) is 18.2 Å². The topological polar surface area (TPSA) is 50.7 Å². The van der Waals surface area contributed by atoms with Crippen molar-refractivity contribution in [1.29, 1.82) is 0 Å². The van der Waals surface area contributed by atoms with Crippen LogP contribution in [0, 0.1) is 20.8 Å². The number of nitrogens with zero attached hydrogens (tertiary/aromatic N) is 3. The fraction of sp³-hybridized carbons (Fsp3) is 0.267. The molecule has 0 unspecified atom stereocenters. The third-order valence-electron chi connectivity index (χ3n) is 3.50. The molecule has 0 amide bonds. The second-order valence-corrected chi connectivity index (χ2v) is 5.85. The molecule has 0 radical (unpaired) electrons. The van der Waals surface area contributed by atoms with Gasteiger partial charge in [-0.2, -0.15) is 0 Å². The maximum Gasteiger partial charge on any atom is 0.205 e. The number of benzene rings is 1. The number of nitrogens with one attached hydrogen (secondary N) is 1. The Morgan fingerprint density at radius 2 is 1.90 bits per heavy atom. The van der Waals surface area contributed by atoms with Crippen molar-refractivity contribution < 1.29 is 0 Å². The van der Waals surface area contributed by atoms with Crippen LogP contribution in [0.25, 0.3) is 21.5 Å². The van der Waals surface area contributed by atoms with E-state index in [1.165, 1.54) is 11.1 Å². The highest BCUT2D eigenvalue weighted by Crippen LogP contribution is 2.33. The molecule has 1 N–H and O–H groups in total. The lowest BCUT2D eigenvalue weighted by atomic mass is 10.0. The maximum atomic E-state index is 4.69. The van der Waals surface area contributed by atoms with Gasteiger partial charge in [0.2, 0.25) is 5.13 Å². The first-order chi connectivity index (χ1) is 9.60. The molecule has 0 atom stereocenters. The van der Waals surface area contributed by atoms with Gasteiger partial charge in [-0.05, 0) is 38.0 Å². The van der Waals surface area contributed by atoms with Crippen molar-refractivity contribution in [3.05, 3.63) is 35.0 Å². The quantitative estimate of drug-likeness (QED) is 0.779. The summed E-state index contributed by atoms with van der Waals surface area (Å²) in [4.78, 5) is 4.69. The van der Waals surface area contributed by atoms with Crippen molar-refractivity contribution in [3.8, 4) is 10.6 Å². The van der Waals surface area contributed by atoms with Crippen molar-refractivity contribution in [1.82, 2.24) is 15.2 Å². The van der Waals surface area contributed by atoms with Crippen LogP contribution in [-0.4, -0.2) is 22.2 Å². The van der Waals surface area contributed by atoms with E-state index < -0.39 is 0 Å². The van der Waals surface area contributed by atoms with Crippen LogP contribution in [0.4, 0.5) is 5.13 Å². The first kappa shape index (κ1) is 13.0. The van der Waals surface area contributed by atoms with Crippen LogP contribution >= 0.6 is 11.3 Å². The van der Waals surface area contributed by atoms with Gasteiger partial charge in [-0.15, -0.1) is 10.2 Å². The summed E-state index contributed by atoms with van der Waals surface area (Å²) >= 11 is 1.56. The fourth-order valence-corrected chi connectivity index (χ4v) is 3.00. The van der Waals surface area contributed by atoms with E-state index in [-0.39, 0.29) is 0 Å². The Labute approximate surface area is 121 Å². The molecule has 0 fully saturated rings. The summed E-state index contributed by atoms with van der Waals surface area (Å²) in [6, 6.07) is 6.34. The molecular weight excluding hydrogens is 268 g/mol. The van der Waals surface area contributed by atoms with Gasteiger partial charge in [-0.25, -0.2) is 0 Å². The highest BCUT2D eigenvalue weighted by Gasteiger charge is 2.13. The van der Waals surface area contributed by atoms with E-state index in [9.17, 15) is 0 Å². The minimum Gasteiger partial charge on any atom is -0.363 e. The van der Waals surface area contributed by atoms with Crippen LogP contribution in [0.3, 0.4) is 0 Å². The standard InChI is InChI=1S/C15H16N4S/c1-8-5-6-11-12(14-18-19-15(16-4)20-14)7-9(2)17-13(11)10(8)3/h5-7H,1-4H3,(H,16,19). The molecule has 3 rings (SSSR count). The number of aromatic nitrogens is 3. The second kappa shape index (κ2) is 4.83. The molecule has 3 aromatic rings. The van der Waals surface area contributed by atoms with Gasteiger partial charge < -0.3 is 5.32 Å². The van der Waals surface area contributed by atoms with E-state index in [2.05, 4.69) is 52.5 Å². The molecule has 0 aliphatic carbocycles. The zero-order valence-corrected chi connectivity index (χ0v) is 12.8. The van der Waals surface area contributed by atoms with Crippen LogP contribution in [0.5, 0.6) is 0 Å². The molecular formula is C15H16N4S. The fourth-order valence-electron chi connectivity index (χ4n) is 2.27. The summed E-state index contributed by atoms with van der Waals surface area (Å²) in [5.74, 6) is 0. The van der Waals surface area contributed by atoms with Gasteiger partial charge in [0, 0.05) is 23.7 Å². The second-order valence-electron chi connectivity index (χ2n) is 4.88. The molecule has 0 spiro atoms. The van der Waals surface area contributed by atoms with E-state index in [1.807, 2.05) is 14.0 Å². The lowest BCUT2D eigenvalue weighted by molar-refractivity contribution is 1.09. The first-order valence-corrected chi connectivity index (χ1v) is 7.31. The Kier molecular flexibility index (Phi) is 3.14. The van der Waals surface area contributed by atoms with Gasteiger partial charge in [0.05, 0.1) is 5.52 Å². The van der Waals surface area contributed by atoms with Crippen molar-refractivity contribution >= 4 is 27.4 Å². The lowest BCUT2D eigenvalue weighted by Gasteiger charge is -2.09. The van der Waals surface area contributed by atoms with Crippen LogP contribution in [-0.2, 0) is 0 Å². The number of hydrogen-bond acceptors (Lipinski definition) is 5. The van der Waals surface area contributed by atoms with E-state index in [0.29, 0.717) is 0 Å². The van der Waals surface area contributed by atoms with E-state index in [0.717, 1.165) is 32.3 Å². The molecule has 1 aromatic carbocycles. The van der Waals surface area contributed by atoms with Crippen LogP contribution in [0.2, 0.25) is 0 Å². The zero-order chi connectivity index (χ0) is 14.3.